The van der Waals surface area contributed by atoms with Crippen molar-refractivity contribution in [1.82, 2.24) is 4.31 Å². The Morgan fingerprint density at radius 1 is 1.45 bits per heavy atom. The van der Waals surface area contributed by atoms with E-state index in [-0.39, 0.29) is 40.9 Å². The Bertz CT molecular complexity index is 617. The molecule has 1 aromatic carbocycles. The van der Waals surface area contributed by atoms with Crippen LogP contribution in [0.1, 0.15) is 12.5 Å². The van der Waals surface area contributed by atoms with Gasteiger partial charge in [-0.2, -0.15) is 4.31 Å². The molecule has 0 amide bonds. The van der Waals surface area contributed by atoms with Crippen LogP contribution in [0.25, 0.3) is 0 Å². The molecule has 0 aliphatic carbocycles. The Labute approximate surface area is 122 Å². The van der Waals surface area contributed by atoms with Crippen molar-refractivity contribution < 1.29 is 18.4 Å². The number of nitro benzene ring substituents is 1. The minimum Gasteiger partial charge on any atom is -0.395 e. The van der Waals surface area contributed by atoms with E-state index in [0.29, 0.717) is 0 Å². The Hall–Kier alpha value is -1.22. The maximum Gasteiger partial charge on any atom is 0.275 e. The number of aliphatic hydroxyl groups is 1. The van der Waals surface area contributed by atoms with Gasteiger partial charge in [0.25, 0.3) is 5.69 Å². The summed E-state index contributed by atoms with van der Waals surface area (Å²) in [5, 5.41) is 19.8. The normalized spacial score (nSPS) is 11.8. The molecular weight excluding hydrogens is 308 g/mol. The highest BCUT2D eigenvalue weighted by Gasteiger charge is 2.27. The monoisotopic (exact) mass is 322 g/mol. The Morgan fingerprint density at radius 2 is 2.05 bits per heavy atom. The standard InChI is InChI=1S/C11H15ClN2O5S/c1-3-13(4-5-15)20(18,19)9-6-10(12)8(2)11(7-9)14(16)17/h6-7,15H,3-5H2,1-2H3. The van der Waals surface area contributed by atoms with Crippen LogP contribution in [0.3, 0.4) is 0 Å². The minimum atomic E-state index is -3.92. The van der Waals surface area contributed by atoms with Gasteiger partial charge >= 0.3 is 0 Å². The molecule has 0 unspecified atom stereocenters. The molecule has 0 saturated carbocycles. The van der Waals surface area contributed by atoms with Gasteiger partial charge in [-0.3, -0.25) is 10.1 Å². The van der Waals surface area contributed by atoms with Gasteiger partial charge in [-0.1, -0.05) is 18.5 Å². The van der Waals surface area contributed by atoms with Gasteiger partial charge in [0.2, 0.25) is 10.0 Å². The van der Waals surface area contributed by atoms with Crippen LogP contribution in [0.2, 0.25) is 5.02 Å². The second-order valence-electron chi connectivity index (χ2n) is 4.03. The average Bonchev–Trinajstić information content (AvgIpc) is 2.38. The highest BCUT2D eigenvalue weighted by atomic mass is 35.5. The van der Waals surface area contributed by atoms with E-state index in [0.717, 1.165) is 10.4 Å². The lowest BCUT2D eigenvalue weighted by molar-refractivity contribution is -0.385. The van der Waals surface area contributed by atoms with E-state index < -0.39 is 14.9 Å². The topological polar surface area (TPSA) is 101 Å². The zero-order chi connectivity index (χ0) is 15.5. The number of rotatable bonds is 6. The van der Waals surface area contributed by atoms with Gasteiger partial charge < -0.3 is 5.11 Å². The first-order chi connectivity index (χ1) is 9.25. The SMILES string of the molecule is CCN(CCO)S(=O)(=O)c1cc(Cl)c(C)c([N+](=O)[O-])c1. The van der Waals surface area contributed by atoms with Crippen molar-refractivity contribution >= 4 is 27.3 Å². The summed E-state index contributed by atoms with van der Waals surface area (Å²) in [6.07, 6.45) is 0. The summed E-state index contributed by atoms with van der Waals surface area (Å²) in [5.74, 6) is 0. The second-order valence-corrected chi connectivity index (χ2v) is 6.37. The molecule has 1 aromatic rings. The van der Waals surface area contributed by atoms with Crippen LogP contribution in [0.4, 0.5) is 5.69 Å². The Kier molecular flexibility index (Phi) is 5.46. The number of hydrogen-bond donors (Lipinski definition) is 1. The number of benzene rings is 1. The summed E-state index contributed by atoms with van der Waals surface area (Å²) in [6.45, 7) is 2.77. The molecule has 0 aliphatic heterocycles. The van der Waals surface area contributed by atoms with Crippen LogP contribution in [-0.2, 0) is 10.0 Å². The van der Waals surface area contributed by atoms with Crippen LogP contribution in [0, 0.1) is 17.0 Å². The van der Waals surface area contributed by atoms with Crippen LogP contribution in [0.5, 0.6) is 0 Å². The molecule has 7 nitrogen and oxygen atoms in total. The third kappa shape index (κ3) is 3.26. The predicted octanol–water partition coefficient (Wildman–Crippen LogP) is 1.56. The lowest BCUT2D eigenvalue weighted by Gasteiger charge is -2.19. The van der Waals surface area contributed by atoms with Gasteiger partial charge in [0.05, 0.1) is 21.4 Å². The van der Waals surface area contributed by atoms with Crippen LogP contribution in [-0.4, -0.2) is 42.4 Å². The molecule has 0 heterocycles. The summed E-state index contributed by atoms with van der Waals surface area (Å²) in [7, 11) is -3.92. The molecule has 0 spiro atoms. The first-order valence-electron chi connectivity index (χ1n) is 5.81. The summed E-state index contributed by atoms with van der Waals surface area (Å²) >= 11 is 5.86. The van der Waals surface area contributed by atoms with Crippen molar-refractivity contribution in [3.63, 3.8) is 0 Å². The van der Waals surface area contributed by atoms with E-state index in [4.69, 9.17) is 16.7 Å². The van der Waals surface area contributed by atoms with E-state index in [9.17, 15) is 18.5 Å². The second kappa shape index (κ2) is 6.49. The number of sulfonamides is 1. The molecule has 1 rings (SSSR count). The van der Waals surface area contributed by atoms with Crippen LogP contribution < -0.4 is 0 Å². The van der Waals surface area contributed by atoms with Crippen molar-refractivity contribution in [1.29, 1.82) is 0 Å². The van der Waals surface area contributed by atoms with Crippen molar-refractivity contribution in [3.8, 4) is 0 Å². The molecule has 9 heteroatoms. The first kappa shape index (κ1) is 16.8. The molecule has 0 saturated heterocycles. The molecule has 0 aliphatic rings. The molecule has 0 bridgehead atoms. The van der Waals surface area contributed by atoms with Gasteiger partial charge in [-0.15, -0.1) is 0 Å². The largest absolute Gasteiger partial charge is 0.395 e. The summed E-state index contributed by atoms with van der Waals surface area (Å²) < 4.78 is 25.7. The highest BCUT2D eigenvalue weighted by molar-refractivity contribution is 7.89. The molecular formula is C11H15ClN2O5S. The molecule has 20 heavy (non-hydrogen) atoms. The van der Waals surface area contributed by atoms with Gasteiger partial charge in [0.1, 0.15) is 0 Å². The zero-order valence-corrected chi connectivity index (χ0v) is 12.6. The molecule has 1 N–H and O–H groups in total. The number of hydrogen-bond acceptors (Lipinski definition) is 5. The summed E-state index contributed by atoms with van der Waals surface area (Å²) in [4.78, 5) is 9.98. The smallest absolute Gasteiger partial charge is 0.275 e. The lowest BCUT2D eigenvalue weighted by Crippen LogP contribution is -2.33. The first-order valence-corrected chi connectivity index (χ1v) is 7.63. The number of likely N-dealkylation sites (N-methyl/N-ethyl adjacent to an activating group) is 1. The quantitative estimate of drug-likeness (QED) is 0.632. The Balaban J connectivity index is 3.43. The van der Waals surface area contributed by atoms with E-state index in [2.05, 4.69) is 0 Å². The fourth-order valence-electron chi connectivity index (χ4n) is 1.69. The summed E-state index contributed by atoms with van der Waals surface area (Å²) in [6, 6.07) is 2.16. The Morgan fingerprint density at radius 3 is 2.50 bits per heavy atom. The predicted molar refractivity (Wildman–Crippen MR) is 74.4 cm³/mol. The van der Waals surface area contributed by atoms with Gasteiger partial charge in [0, 0.05) is 24.7 Å². The fourth-order valence-corrected chi connectivity index (χ4v) is 3.45. The van der Waals surface area contributed by atoms with Crippen molar-refractivity contribution in [2.24, 2.45) is 0 Å². The zero-order valence-electron chi connectivity index (χ0n) is 11.0. The lowest BCUT2D eigenvalue weighted by atomic mass is 10.2. The minimum absolute atomic E-state index is 0.0119. The van der Waals surface area contributed by atoms with Gasteiger partial charge in [0.15, 0.2) is 0 Å². The molecule has 0 atom stereocenters. The van der Waals surface area contributed by atoms with E-state index in [1.165, 1.54) is 13.0 Å². The number of aliphatic hydroxyl groups excluding tert-OH is 1. The number of nitrogens with zero attached hydrogens (tertiary/aromatic N) is 2. The third-order valence-corrected chi connectivity index (χ3v) is 5.17. The van der Waals surface area contributed by atoms with Crippen molar-refractivity contribution in [2.45, 2.75) is 18.7 Å². The number of halogens is 1. The van der Waals surface area contributed by atoms with Crippen LogP contribution >= 0.6 is 11.6 Å². The van der Waals surface area contributed by atoms with E-state index in [1.54, 1.807) is 6.92 Å². The third-order valence-electron chi connectivity index (χ3n) is 2.83. The highest BCUT2D eigenvalue weighted by Crippen LogP contribution is 2.30. The maximum atomic E-state index is 12.3. The molecule has 0 radical (unpaired) electrons. The average molecular weight is 323 g/mol. The maximum absolute atomic E-state index is 12.3. The van der Waals surface area contributed by atoms with Crippen molar-refractivity contribution in [3.05, 3.63) is 32.8 Å². The molecule has 112 valence electrons. The van der Waals surface area contributed by atoms with Gasteiger partial charge in [-0.25, -0.2) is 8.42 Å². The van der Waals surface area contributed by atoms with Gasteiger partial charge in [-0.05, 0) is 13.0 Å². The fraction of sp³-hybridized carbons (Fsp3) is 0.455. The van der Waals surface area contributed by atoms with Crippen LogP contribution in [0.15, 0.2) is 17.0 Å². The number of nitro groups is 1. The molecule has 0 aromatic heterocycles. The van der Waals surface area contributed by atoms with Crippen molar-refractivity contribution in [2.75, 3.05) is 19.7 Å². The summed E-state index contributed by atoms with van der Waals surface area (Å²) in [5.41, 5.74) is -0.142. The van der Waals surface area contributed by atoms with E-state index >= 15 is 0 Å². The molecule has 0 fully saturated rings. The van der Waals surface area contributed by atoms with E-state index in [1.807, 2.05) is 0 Å².